The van der Waals surface area contributed by atoms with Crippen LogP contribution in [0.15, 0.2) is 12.4 Å². The van der Waals surface area contributed by atoms with Gasteiger partial charge in [0.25, 0.3) is 5.91 Å². The first-order valence-electron chi connectivity index (χ1n) is 6.76. The molecule has 8 heteroatoms. The second-order valence-corrected chi connectivity index (χ2v) is 4.67. The average Bonchev–Trinajstić information content (AvgIpc) is 3.13. The maximum absolute atomic E-state index is 12.2. The first-order valence-corrected chi connectivity index (χ1v) is 6.76. The zero-order valence-corrected chi connectivity index (χ0v) is 11.3. The topological polar surface area (TPSA) is 101 Å². The number of carbonyl (C=O) groups is 1. The van der Waals surface area contributed by atoms with Crippen molar-refractivity contribution in [2.24, 2.45) is 0 Å². The quantitative estimate of drug-likeness (QED) is 0.762. The van der Waals surface area contributed by atoms with Crippen LogP contribution >= 0.6 is 0 Å². The maximum atomic E-state index is 12.2. The Bertz CT molecular complexity index is 565. The fraction of sp³-hybridized carbons (Fsp3) is 0.500. The number of aromatic amines is 1. The van der Waals surface area contributed by atoms with Crippen molar-refractivity contribution in [1.29, 1.82) is 0 Å². The molecule has 2 aromatic rings. The van der Waals surface area contributed by atoms with E-state index in [-0.39, 0.29) is 17.8 Å². The third-order valence-corrected chi connectivity index (χ3v) is 3.27. The number of H-pyrrole nitrogens is 1. The van der Waals surface area contributed by atoms with Gasteiger partial charge in [-0.1, -0.05) is 6.92 Å². The molecule has 1 aliphatic heterocycles. The third-order valence-electron chi connectivity index (χ3n) is 3.27. The van der Waals surface area contributed by atoms with Crippen LogP contribution in [0.5, 0.6) is 0 Å². The van der Waals surface area contributed by atoms with Gasteiger partial charge < -0.3 is 15.6 Å². The summed E-state index contributed by atoms with van der Waals surface area (Å²) in [5, 5.41) is 10.2. The van der Waals surface area contributed by atoms with E-state index >= 15 is 0 Å². The number of imidazole rings is 1. The number of hydrogen-bond acceptors (Lipinski definition) is 5. The molecule has 0 aromatic carbocycles. The molecule has 1 aliphatic rings. The molecule has 0 saturated carbocycles. The van der Waals surface area contributed by atoms with Gasteiger partial charge >= 0.3 is 0 Å². The zero-order valence-electron chi connectivity index (χ0n) is 11.3. The van der Waals surface area contributed by atoms with Crippen LogP contribution in [0.4, 0.5) is 5.95 Å². The van der Waals surface area contributed by atoms with Crippen molar-refractivity contribution < 1.29 is 4.79 Å². The number of hydrogen-bond donors (Lipinski definition) is 3. The Balaban J connectivity index is 1.74. The number of fused-ring (bicyclic) bond motifs is 1. The van der Waals surface area contributed by atoms with E-state index in [1.165, 1.54) is 0 Å². The Morgan fingerprint density at radius 3 is 3.20 bits per heavy atom. The van der Waals surface area contributed by atoms with Gasteiger partial charge in [-0.3, -0.25) is 4.79 Å². The Kier molecular flexibility index (Phi) is 3.36. The van der Waals surface area contributed by atoms with Crippen LogP contribution < -0.4 is 10.6 Å². The normalized spacial score (nSPS) is 15.2. The third kappa shape index (κ3) is 2.36. The Morgan fingerprint density at radius 1 is 1.60 bits per heavy atom. The standard InChI is InChI=1S/C12H17N7O/c1-2-8(9-13-5-6-14-9)16-11(20)10-17-12-15-4-3-7-19(12)18-10/h5-6,8H,2-4,7H2,1H3,(H,13,14)(H,16,20)(H,15,17,18)/t8-/m0/s1. The number of nitrogens with one attached hydrogen (secondary N) is 3. The molecule has 0 fully saturated rings. The van der Waals surface area contributed by atoms with Crippen LogP contribution in [0.2, 0.25) is 0 Å². The van der Waals surface area contributed by atoms with Crippen molar-refractivity contribution in [3.63, 3.8) is 0 Å². The predicted molar refractivity (Wildman–Crippen MR) is 72.2 cm³/mol. The van der Waals surface area contributed by atoms with E-state index < -0.39 is 0 Å². The molecule has 0 unspecified atom stereocenters. The van der Waals surface area contributed by atoms with Crippen molar-refractivity contribution in [1.82, 2.24) is 30.0 Å². The maximum Gasteiger partial charge on any atom is 0.291 e. The molecule has 1 amide bonds. The summed E-state index contributed by atoms with van der Waals surface area (Å²) < 4.78 is 1.73. The lowest BCUT2D eigenvalue weighted by atomic mass is 10.2. The van der Waals surface area contributed by atoms with Gasteiger partial charge in [0.15, 0.2) is 0 Å². The first kappa shape index (κ1) is 12.6. The SMILES string of the molecule is CC[C@H](NC(=O)c1nc2n(n1)CCCN2)c1ncc[nH]1. The van der Waals surface area contributed by atoms with Crippen molar-refractivity contribution in [3.05, 3.63) is 24.0 Å². The van der Waals surface area contributed by atoms with Crippen LogP contribution in [0, 0.1) is 0 Å². The van der Waals surface area contributed by atoms with Crippen molar-refractivity contribution in [2.75, 3.05) is 11.9 Å². The highest BCUT2D eigenvalue weighted by atomic mass is 16.2. The molecule has 3 heterocycles. The fourth-order valence-electron chi connectivity index (χ4n) is 2.21. The molecule has 2 aromatic heterocycles. The minimum Gasteiger partial charge on any atom is -0.354 e. The number of aromatic nitrogens is 5. The van der Waals surface area contributed by atoms with E-state index in [2.05, 4.69) is 30.7 Å². The lowest BCUT2D eigenvalue weighted by Gasteiger charge is -2.13. The van der Waals surface area contributed by atoms with Crippen molar-refractivity contribution in [3.8, 4) is 0 Å². The molecule has 1 atom stereocenters. The largest absolute Gasteiger partial charge is 0.354 e. The first-order chi connectivity index (χ1) is 9.78. The molecule has 0 spiro atoms. The molecule has 0 aliphatic carbocycles. The number of carbonyl (C=O) groups excluding carboxylic acids is 1. The molecular weight excluding hydrogens is 258 g/mol. The minimum absolute atomic E-state index is 0.161. The van der Waals surface area contributed by atoms with Gasteiger partial charge in [-0.05, 0) is 12.8 Å². The minimum atomic E-state index is -0.281. The van der Waals surface area contributed by atoms with Crippen LogP contribution in [-0.2, 0) is 6.54 Å². The molecule has 0 saturated heterocycles. The van der Waals surface area contributed by atoms with Crippen LogP contribution in [-0.4, -0.2) is 37.2 Å². The summed E-state index contributed by atoms with van der Waals surface area (Å²) >= 11 is 0. The summed E-state index contributed by atoms with van der Waals surface area (Å²) in [5.74, 6) is 1.31. The van der Waals surface area contributed by atoms with E-state index in [0.29, 0.717) is 5.95 Å². The summed E-state index contributed by atoms with van der Waals surface area (Å²) in [6.45, 7) is 3.64. The van der Waals surface area contributed by atoms with Crippen LogP contribution in [0.25, 0.3) is 0 Å². The molecule has 20 heavy (non-hydrogen) atoms. The summed E-state index contributed by atoms with van der Waals surface area (Å²) in [6.07, 6.45) is 5.13. The monoisotopic (exact) mass is 275 g/mol. The molecule has 106 valence electrons. The van der Waals surface area contributed by atoms with Gasteiger partial charge in [-0.25, -0.2) is 9.67 Å². The van der Waals surface area contributed by atoms with Crippen LogP contribution in [0.1, 0.15) is 42.3 Å². The Morgan fingerprint density at radius 2 is 2.50 bits per heavy atom. The second-order valence-electron chi connectivity index (χ2n) is 4.67. The summed E-state index contributed by atoms with van der Waals surface area (Å²) in [4.78, 5) is 23.6. The molecular formula is C12H17N7O. The number of rotatable bonds is 4. The predicted octanol–water partition coefficient (Wildman–Crippen LogP) is 0.698. The van der Waals surface area contributed by atoms with E-state index in [0.717, 1.165) is 31.8 Å². The highest BCUT2D eigenvalue weighted by Crippen LogP contribution is 2.14. The van der Waals surface area contributed by atoms with Crippen LogP contribution in [0.3, 0.4) is 0 Å². The zero-order chi connectivity index (χ0) is 13.9. The molecule has 0 bridgehead atoms. The van der Waals surface area contributed by atoms with E-state index in [1.54, 1.807) is 17.1 Å². The van der Waals surface area contributed by atoms with Gasteiger partial charge in [-0.15, -0.1) is 5.10 Å². The lowest BCUT2D eigenvalue weighted by Crippen LogP contribution is -2.29. The average molecular weight is 275 g/mol. The number of anilines is 1. The fourth-order valence-corrected chi connectivity index (χ4v) is 2.21. The van der Waals surface area contributed by atoms with Crippen molar-refractivity contribution in [2.45, 2.75) is 32.4 Å². The second kappa shape index (κ2) is 5.32. The van der Waals surface area contributed by atoms with E-state index in [9.17, 15) is 4.79 Å². The summed E-state index contributed by atoms with van der Waals surface area (Å²) in [6, 6.07) is -0.161. The molecule has 3 N–H and O–H groups in total. The lowest BCUT2D eigenvalue weighted by molar-refractivity contribution is 0.0923. The van der Waals surface area contributed by atoms with Gasteiger partial charge in [0, 0.05) is 25.5 Å². The highest BCUT2D eigenvalue weighted by molar-refractivity contribution is 5.90. The summed E-state index contributed by atoms with van der Waals surface area (Å²) in [7, 11) is 0. The number of aryl methyl sites for hydroxylation is 1. The van der Waals surface area contributed by atoms with Gasteiger partial charge in [0.2, 0.25) is 11.8 Å². The molecule has 8 nitrogen and oxygen atoms in total. The van der Waals surface area contributed by atoms with E-state index in [1.807, 2.05) is 6.92 Å². The smallest absolute Gasteiger partial charge is 0.291 e. The Hall–Kier alpha value is -2.38. The highest BCUT2D eigenvalue weighted by Gasteiger charge is 2.21. The van der Waals surface area contributed by atoms with Gasteiger partial charge in [0.1, 0.15) is 5.82 Å². The number of nitrogens with zero attached hydrogens (tertiary/aromatic N) is 4. The Labute approximate surface area is 116 Å². The van der Waals surface area contributed by atoms with Gasteiger partial charge in [-0.2, -0.15) is 4.98 Å². The molecule has 0 radical (unpaired) electrons. The van der Waals surface area contributed by atoms with E-state index in [4.69, 9.17) is 0 Å². The molecule has 3 rings (SSSR count). The van der Waals surface area contributed by atoms with Gasteiger partial charge in [0.05, 0.1) is 6.04 Å². The number of amides is 1. The van der Waals surface area contributed by atoms with Crippen molar-refractivity contribution >= 4 is 11.9 Å². The summed E-state index contributed by atoms with van der Waals surface area (Å²) in [5.41, 5.74) is 0.